The van der Waals surface area contributed by atoms with Gasteiger partial charge >= 0.3 is 0 Å². The third-order valence-electron chi connectivity index (χ3n) is 11.2. The fourth-order valence-electron chi connectivity index (χ4n) is 9.23. The van der Waals surface area contributed by atoms with Crippen molar-refractivity contribution in [3.63, 3.8) is 0 Å². The summed E-state index contributed by atoms with van der Waals surface area (Å²) in [6, 6.07) is 0. The molecule has 0 spiro atoms. The highest BCUT2D eigenvalue weighted by atomic mass is 16.1. The summed E-state index contributed by atoms with van der Waals surface area (Å²) in [6.45, 7) is 14.8. The number of ketones is 1. The quantitative estimate of drug-likeness (QED) is 0.417. The summed E-state index contributed by atoms with van der Waals surface area (Å²) < 4.78 is 0. The molecule has 0 aromatic heterocycles. The Morgan fingerprint density at radius 3 is 2.37 bits per heavy atom. The summed E-state index contributed by atoms with van der Waals surface area (Å²) in [4.78, 5) is 12.1. The van der Waals surface area contributed by atoms with Gasteiger partial charge in [-0.2, -0.15) is 0 Å². The van der Waals surface area contributed by atoms with Gasteiger partial charge in [-0.1, -0.05) is 53.7 Å². The summed E-state index contributed by atoms with van der Waals surface area (Å²) in [5.41, 5.74) is 0.992. The maximum Gasteiger partial charge on any atom is 0.133 e. The molecule has 0 aromatic carbocycles. The predicted molar refractivity (Wildman–Crippen MR) is 127 cm³/mol. The van der Waals surface area contributed by atoms with Crippen LogP contribution < -0.4 is 0 Å². The highest BCUT2D eigenvalue weighted by molar-refractivity contribution is 5.79. The Kier molecular flexibility index (Phi) is 6.33. The van der Waals surface area contributed by atoms with Gasteiger partial charge in [0.1, 0.15) is 5.78 Å². The van der Waals surface area contributed by atoms with Crippen molar-refractivity contribution in [1.82, 2.24) is 0 Å². The average Bonchev–Trinajstić information content (AvgIpc) is 3.06. The molecule has 0 saturated heterocycles. The molecule has 9 atom stereocenters. The van der Waals surface area contributed by atoms with E-state index in [-0.39, 0.29) is 0 Å². The highest BCUT2D eigenvalue weighted by Gasteiger charge is 2.60. The lowest BCUT2D eigenvalue weighted by molar-refractivity contribution is -0.140. The van der Waals surface area contributed by atoms with Crippen LogP contribution in [0.3, 0.4) is 0 Å². The van der Waals surface area contributed by atoms with E-state index in [1.807, 2.05) is 0 Å². The van der Waals surface area contributed by atoms with Crippen molar-refractivity contribution in [3.8, 4) is 0 Å². The largest absolute Gasteiger partial charge is 0.300 e. The van der Waals surface area contributed by atoms with Crippen LogP contribution in [-0.4, -0.2) is 5.78 Å². The molecule has 0 unspecified atom stereocenters. The molecule has 4 saturated carbocycles. The van der Waals surface area contributed by atoms with Crippen molar-refractivity contribution in [2.45, 2.75) is 106 Å². The molecule has 0 heterocycles. The minimum atomic E-state index is 0.452. The molecule has 0 N–H and O–H groups in total. The molecule has 4 aliphatic rings. The molecule has 0 amide bonds. The van der Waals surface area contributed by atoms with E-state index in [1.54, 1.807) is 0 Å². The normalized spacial score (nSPS) is 45.8. The van der Waals surface area contributed by atoms with Gasteiger partial charge in [0.05, 0.1) is 0 Å². The summed E-state index contributed by atoms with van der Waals surface area (Å²) in [5.74, 6) is 7.04. The number of allylic oxidation sites excluding steroid dienone is 2. The fourth-order valence-corrected chi connectivity index (χ4v) is 9.23. The summed E-state index contributed by atoms with van der Waals surface area (Å²) >= 11 is 0. The van der Waals surface area contributed by atoms with E-state index in [0.717, 1.165) is 48.3 Å². The van der Waals surface area contributed by atoms with E-state index in [0.29, 0.717) is 28.4 Å². The highest BCUT2D eigenvalue weighted by Crippen LogP contribution is 2.68. The van der Waals surface area contributed by atoms with Gasteiger partial charge in [0, 0.05) is 12.8 Å². The molecule has 170 valence electrons. The Balaban J connectivity index is 1.50. The van der Waals surface area contributed by atoms with Gasteiger partial charge in [0.2, 0.25) is 0 Å². The second-order valence-corrected chi connectivity index (χ2v) is 12.7. The van der Waals surface area contributed by atoms with Gasteiger partial charge in [0.15, 0.2) is 0 Å². The van der Waals surface area contributed by atoms with E-state index in [9.17, 15) is 4.79 Å². The molecule has 1 heteroatoms. The van der Waals surface area contributed by atoms with Crippen LogP contribution in [-0.2, 0) is 4.79 Å². The topological polar surface area (TPSA) is 17.1 Å². The zero-order valence-corrected chi connectivity index (χ0v) is 20.8. The first-order valence-corrected chi connectivity index (χ1v) is 13.4. The minimum Gasteiger partial charge on any atom is -0.300 e. The zero-order chi connectivity index (χ0) is 21.7. The number of Topliss-reactive ketones (excluding diaryl/α,β-unsaturated/α-hetero) is 1. The second-order valence-electron chi connectivity index (χ2n) is 12.7. The number of hydrogen-bond acceptors (Lipinski definition) is 1. The van der Waals surface area contributed by atoms with Gasteiger partial charge in [-0.15, -0.1) is 0 Å². The SMILES string of the molecule is CC[C@@H](/C=C/[C@@H](C)[C@H]1CC[C@H]2[C@@H]3CC[C@@H]4CC(=O)CC[C@]4(C)[C@H]3CC[C@]12C)C(C)C. The second kappa shape index (κ2) is 8.40. The number of rotatable bonds is 5. The first-order chi connectivity index (χ1) is 14.2. The van der Waals surface area contributed by atoms with Crippen LogP contribution in [0.2, 0.25) is 0 Å². The summed E-state index contributed by atoms with van der Waals surface area (Å²) in [6.07, 6.45) is 17.8. The number of carbonyl (C=O) groups is 1. The monoisotopic (exact) mass is 412 g/mol. The van der Waals surface area contributed by atoms with Crippen LogP contribution in [0, 0.1) is 58.2 Å². The Morgan fingerprint density at radius 1 is 0.933 bits per heavy atom. The van der Waals surface area contributed by atoms with Gasteiger partial charge in [0.25, 0.3) is 0 Å². The Bertz CT molecular complexity index is 661. The number of hydrogen-bond donors (Lipinski definition) is 0. The van der Waals surface area contributed by atoms with Crippen molar-refractivity contribution < 1.29 is 4.79 Å². The molecule has 0 radical (unpaired) electrons. The maximum absolute atomic E-state index is 12.1. The minimum absolute atomic E-state index is 0.452. The molecule has 0 aliphatic heterocycles. The lowest BCUT2D eigenvalue weighted by Gasteiger charge is -2.60. The van der Waals surface area contributed by atoms with Crippen molar-refractivity contribution in [2.24, 2.45) is 58.2 Å². The van der Waals surface area contributed by atoms with Crippen molar-refractivity contribution in [2.75, 3.05) is 0 Å². The molecule has 0 aromatic rings. The van der Waals surface area contributed by atoms with E-state index in [2.05, 4.69) is 53.7 Å². The van der Waals surface area contributed by atoms with Gasteiger partial charge in [-0.3, -0.25) is 4.79 Å². The van der Waals surface area contributed by atoms with E-state index < -0.39 is 0 Å². The third kappa shape index (κ3) is 3.65. The fraction of sp³-hybridized carbons (Fsp3) is 0.897. The maximum atomic E-state index is 12.1. The molecule has 1 nitrogen and oxygen atoms in total. The van der Waals surface area contributed by atoms with Gasteiger partial charge in [-0.05, 0) is 110 Å². The molecule has 0 bridgehead atoms. The molecule has 30 heavy (non-hydrogen) atoms. The molecule has 4 fully saturated rings. The first-order valence-electron chi connectivity index (χ1n) is 13.4. The zero-order valence-electron chi connectivity index (χ0n) is 20.8. The average molecular weight is 413 g/mol. The lowest BCUT2D eigenvalue weighted by Crippen LogP contribution is -2.53. The number of fused-ring (bicyclic) bond motifs is 5. The van der Waals surface area contributed by atoms with Crippen molar-refractivity contribution >= 4 is 5.78 Å². The van der Waals surface area contributed by atoms with Crippen LogP contribution in [0.1, 0.15) is 106 Å². The Morgan fingerprint density at radius 2 is 1.67 bits per heavy atom. The van der Waals surface area contributed by atoms with Crippen LogP contribution in [0.15, 0.2) is 12.2 Å². The van der Waals surface area contributed by atoms with E-state index in [1.165, 1.54) is 51.4 Å². The van der Waals surface area contributed by atoms with Gasteiger partial charge in [-0.25, -0.2) is 0 Å². The summed E-state index contributed by atoms with van der Waals surface area (Å²) in [5, 5.41) is 0. The molecule has 4 aliphatic carbocycles. The number of carbonyl (C=O) groups excluding carboxylic acids is 1. The predicted octanol–water partition coefficient (Wildman–Crippen LogP) is 8.09. The Hall–Kier alpha value is -0.590. The third-order valence-corrected chi connectivity index (χ3v) is 11.2. The molecule has 4 rings (SSSR count). The summed E-state index contributed by atoms with van der Waals surface area (Å²) in [7, 11) is 0. The first kappa shape index (κ1) is 22.6. The lowest BCUT2D eigenvalue weighted by atomic mass is 9.44. The van der Waals surface area contributed by atoms with Crippen molar-refractivity contribution in [3.05, 3.63) is 12.2 Å². The standard InChI is InChI=1S/C29H48O/c1-7-21(19(2)3)9-8-20(4)25-12-13-26-24-11-10-22-18-23(30)14-16-28(22,5)27(24)15-17-29(25,26)6/h8-9,19-22,24-27H,7,10-18H2,1-6H3/b9-8+/t20-,21+,22-,24+,25-,26+,27+,28+,29-/m1/s1. The molecular formula is C29H48O. The van der Waals surface area contributed by atoms with Crippen LogP contribution >= 0.6 is 0 Å². The van der Waals surface area contributed by atoms with Crippen molar-refractivity contribution in [1.29, 1.82) is 0 Å². The molecular weight excluding hydrogens is 364 g/mol. The van der Waals surface area contributed by atoms with E-state index >= 15 is 0 Å². The van der Waals surface area contributed by atoms with Crippen LogP contribution in [0.4, 0.5) is 0 Å². The van der Waals surface area contributed by atoms with E-state index in [4.69, 9.17) is 0 Å². The Labute approximate surface area is 186 Å². The van der Waals surface area contributed by atoms with Crippen LogP contribution in [0.25, 0.3) is 0 Å². The van der Waals surface area contributed by atoms with Crippen LogP contribution in [0.5, 0.6) is 0 Å². The smallest absolute Gasteiger partial charge is 0.133 e. The van der Waals surface area contributed by atoms with Gasteiger partial charge < -0.3 is 0 Å².